The van der Waals surface area contributed by atoms with Crippen molar-refractivity contribution in [2.45, 2.75) is 31.8 Å². The molecule has 2 atom stereocenters. The molecule has 144 valence electrons. The van der Waals surface area contributed by atoms with Crippen LogP contribution in [0.25, 0.3) is 11.3 Å². The third-order valence-corrected chi connectivity index (χ3v) is 6.28. The molecule has 2 saturated heterocycles. The molecule has 2 N–H and O–H groups in total. The summed E-state index contributed by atoms with van der Waals surface area (Å²) in [6.07, 6.45) is 4.18. The Hall–Kier alpha value is -2.25. The van der Waals surface area contributed by atoms with E-state index in [9.17, 15) is 14.3 Å². The highest BCUT2D eigenvalue weighted by molar-refractivity contribution is 5.76. The van der Waals surface area contributed by atoms with Gasteiger partial charge in [-0.25, -0.2) is 4.39 Å². The zero-order valence-electron chi connectivity index (χ0n) is 15.5. The van der Waals surface area contributed by atoms with Gasteiger partial charge in [-0.3, -0.25) is 14.8 Å². The quantitative estimate of drug-likeness (QED) is 0.863. The molecular formula is C20H25FN4O2. The van der Waals surface area contributed by atoms with Crippen molar-refractivity contribution in [2.75, 3.05) is 26.7 Å². The summed E-state index contributed by atoms with van der Waals surface area (Å²) in [6.45, 7) is 3.13. The molecule has 2 aliphatic rings. The summed E-state index contributed by atoms with van der Waals surface area (Å²) >= 11 is 0. The summed E-state index contributed by atoms with van der Waals surface area (Å²) < 4.78 is 13.2. The first-order valence-corrected chi connectivity index (χ1v) is 9.44. The van der Waals surface area contributed by atoms with Crippen LogP contribution in [0.5, 0.6) is 0 Å². The Labute approximate surface area is 158 Å². The van der Waals surface area contributed by atoms with Crippen molar-refractivity contribution in [1.82, 2.24) is 20.0 Å². The molecule has 7 heteroatoms. The van der Waals surface area contributed by atoms with E-state index in [1.54, 1.807) is 12.1 Å². The molecule has 0 radical (unpaired) electrons. The van der Waals surface area contributed by atoms with Gasteiger partial charge in [-0.05, 0) is 63.7 Å². The number of halogens is 1. The predicted octanol–water partition coefficient (Wildman–Crippen LogP) is 2.59. The summed E-state index contributed by atoms with van der Waals surface area (Å²) in [5, 5.41) is 17.1. The first kappa shape index (κ1) is 18.1. The first-order valence-electron chi connectivity index (χ1n) is 9.44. The minimum absolute atomic E-state index is 0.0265. The van der Waals surface area contributed by atoms with Crippen molar-refractivity contribution in [3.05, 3.63) is 41.8 Å². The maximum absolute atomic E-state index is 13.2. The number of fused-ring (bicyclic) bond motifs is 1. The number of carboxylic acids is 1. The lowest BCUT2D eigenvalue weighted by Gasteiger charge is -2.51. The monoisotopic (exact) mass is 372 g/mol. The van der Waals surface area contributed by atoms with Gasteiger partial charge in [-0.1, -0.05) is 0 Å². The zero-order valence-corrected chi connectivity index (χ0v) is 15.5. The number of carboxylic acid groups (broad SMARTS) is 1. The van der Waals surface area contributed by atoms with Gasteiger partial charge in [0.25, 0.3) is 0 Å². The van der Waals surface area contributed by atoms with Crippen LogP contribution in [-0.2, 0) is 11.3 Å². The number of hydrogen-bond donors (Lipinski definition) is 2. The lowest BCUT2D eigenvalue weighted by molar-refractivity contribution is -0.162. The van der Waals surface area contributed by atoms with Gasteiger partial charge in [0.1, 0.15) is 5.82 Å². The molecule has 6 nitrogen and oxygen atoms in total. The van der Waals surface area contributed by atoms with Crippen LogP contribution in [0.4, 0.5) is 4.39 Å². The largest absolute Gasteiger partial charge is 0.481 e. The molecule has 0 saturated carbocycles. The van der Waals surface area contributed by atoms with Crippen molar-refractivity contribution in [2.24, 2.45) is 5.41 Å². The molecule has 3 heterocycles. The number of likely N-dealkylation sites (N-methyl/N-ethyl adjacent to an activating group) is 1. The predicted molar refractivity (Wildman–Crippen MR) is 99.6 cm³/mol. The Morgan fingerprint density at radius 2 is 2.11 bits per heavy atom. The average Bonchev–Trinajstić information content (AvgIpc) is 3.11. The Kier molecular flexibility index (Phi) is 4.74. The van der Waals surface area contributed by atoms with E-state index in [1.807, 2.05) is 13.2 Å². The molecule has 0 spiro atoms. The van der Waals surface area contributed by atoms with Crippen molar-refractivity contribution < 1.29 is 14.3 Å². The summed E-state index contributed by atoms with van der Waals surface area (Å²) in [6, 6.07) is 6.40. The zero-order chi connectivity index (χ0) is 19.0. The van der Waals surface area contributed by atoms with Crippen LogP contribution in [0.1, 0.15) is 24.8 Å². The number of nitrogens with one attached hydrogen (secondary N) is 1. The van der Waals surface area contributed by atoms with Crippen LogP contribution in [0.3, 0.4) is 0 Å². The highest BCUT2D eigenvalue weighted by Crippen LogP contribution is 2.42. The lowest BCUT2D eigenvalue weighted by atomic mass is 9.68. The van der Waals surface area contributed by atoms with E-state index in [0.29, 0.717) is 13.0 Å². The standard InChI is InChI=1S/C20H25FN4O2/c1-24-9-2-7-20(19(26)27)8-10-25(13-17(20)24)12-15-11-22-23-18(15)14-3-5-16(21)6-4-14/h3-6,11,17H,2,7-10,12-13H2,1H3,(H,22,23)(H,26,27)/t17-,20+/m1/s1. The van der Waals surface area contributed by atoms with Crippen molar-refractivity contribution in [1.29, 1.82) is 0 Å². The number of H-pyrrole nitrogens is 1. The van der Waals surface area contributed by atoms with Gasteiger partial charge in [0.05, 0.1) is 17.3 Å². The molecule has 0 unspecified atom stereocenters. The second-order valence-corrected chi connectivity index (χ2v) is 7.82. The molecule has 2 aliphatic heterocycles. The van der Waals surface area contributed by atoms with Crippen LogP contribution in [0, 0.1) is 11.2 Å². The highest BCUT2D eigenvalue weighted by Gasteiger charge is 2.52. The minimum atomic E-state index is -0.658. The minimum Gasteiger partial charge on any atom is -0.481 e. The van der Waals surface area contributed by atoms with E-state index >= 15 is 0 Å². The fourth-order valence-electron chi connectivity index (χ4n) is 4.73. The second-order valence-electron chi connectivity index (χ2n) is 7.82. The maximum atomic E-state index is 13.2. The fourth-order valence-corrected chi connectivity index (χ4v) is 4.73. The third kappa shape index (κ3) is 3.26. The SMILES string of the molecule is CN1CCC[C@]2(C(=O)O)CCN(Cc3cn[nH]c3-c3ccc(F)cc3)C[C@@H]12. The van der Waals surface area contributed by atoms with E-state index < -0.39 is 11.4 Å². The average molecular weight is 372 g/mol. The number of nitrogens with zero attached hydrogens (tertiary/aromatic N) is 3. The summed E-state index contributed by atoms with van der Waals surface area (Å²) in [5.41, 5.74) is 2.21. The highest BCUT2D eigenvalue weighted by atomic mass is 19.1. The molecule has 0 bridgehead atoms. The van der Waals surface area contributed by atoms with E-state index in [2.05, 4.69) is 20.0 Å². The molecule has 1 aromatic carbocycles. The summed E-state index contributed by atoms with van der Waals surface area (Å²) in [4.78, 5) is 16.6. The molecule has 1 aromatic heterocycles. The van der Waals surface area contributed by atoms with Crippen molar-refractivity contribution in [3.63, 3.8) is 0 Å². The van der Waals surface area contributed by atoms with Crippen LogP contribution >= 0.6 is 0 Å². The molecular weight excluding hydrogens is 347 g/mol. The Bertz CT molecular complexity index is 822. The fraction of sp³-hybridized carbons (Fsp3) is 0.500. The van der Waals surface area contributed by atoms with E-state index in [1.165, 1.54) is 12.1 Å². The third-order valence-electron chi connectivity index (χ3n) is 6.28. The molecule has 0 aliphatic carbocycles. The van der Waals surface area contributed by atoms with Gasteiger partial charge in [0.15, 0.2) is 0 Å². The number of aromatic amines is 1. The number of aromatic nitrogens is 2. The number of aliphatic carboxylic acids is 1. The number of likely N-dealkylation sites (tertiary alicyclic amines) is 2. The molecule has 2 fully saturated rings. The van der Waals surface area contributed by atoms with E-state index in [4.69, 9.17) is 0 Å². The summed E-state index contributed by atoms with van der Waals surface area (Å²) in [7, 11) is 2.03. The Balaban J connectivity index is 1.53. The number of hydrogen-bond acceptors (Lipinski definition) is 4. The van der Waals surface area contributed by atoms with Gasteiger partial charge in [0, 0.05) is 30.3 Å². The maximum Gasteiger partial charge on any atom is 0.311 e. The van der Waals surface area contributed by atoms with E-state index in [-0.39, 0.29) is 11.9 Å². The molecule has 0 amide bonds. The van der Waals surface area contributed by atoms with Gasteiger partial charge in [-0.15, -0.1) is 0 Å². The smallest absolute Gasteiger partial charge is 0.311 e. The Morgan fingerprint density at radius 3 is 2.85 bits per heavy atom. The Morgan fingerprint density at radius 1 is 1.33 bits per heavy atom. The van der Waals surface area contributed by atoms with Crippen LogP contribution < -0.4 is 0 Å². The van der Waals surface area contributed by atoms with Crippen LogP contribution in [-0.4, -0.2) is 63.8 Å². The first-order chi connectivity index (χ1) is 13.0. The summed E-state index contributed by atoms with van der Waals surface area (Å²) in [5.74, 6) is -0.921. The van der Waals surface area contributed by atoms with Gasteiger partial charge >= 0.3 is 5.97 Å². The normalized spacial score (nSPS) is 26.7. The number of carbonyl (C=O) groups is 1. The van der Waals surface area contributed by atoms with Gasteiger partial charge in [-0.2, -0.15) is 5.10 Å². The second kappa shape index (κ2) is 7.05. The molecule has 27 heavy (non-hydrogen) atoms. The topological polar surface area (TPSA) is 72.5 Å². The van der Waals surface area contributed by atoms with Gasteiger partial charge in [0.2, 0.25) is 0 Å². The number of benzene rings is 1. The van der Waals surface area contributed by atoms with Crippen molar-refractivity contribution >= 4 is 5.97 Å². The van der Waals surface area contributed by atoms with Crippen LogP contribution in [0.2, 0.25) is 0 Å². The number of rotatable bonds is 4. The molecule has 2 aromatic rings. The lowest BCUT2D eigenvalue weighted by Crippen LogP contribution is -2.62. The molecule has 4 rings (SSSR count). The van der Waals surface area contributed by atoms with Gasteiger partial charge < -0.3 is 10.0 Å². The number of piperidine rings is 2. The van der Waals surface area contributed by atoms with Crippen molar-refractivity contribution in [3.8, 4) is 11.3 Å². The van der Waals surface area contributed by atoms with Crippen LogP contribution in [0.15, 0.2) is 30.5 Å². The van der Waals surface area contributed by atoms with E-state index in [0.717, 1.165) is 49.3 Å².